The molecule has 32 heavy (non-hydrogen) atoms. The molecule has 1 heterocycles. The van der Waals surface area contributed by atoms with Gasteiger partial charge in [-0.15, -0.1) is 0 Å². The summed E-state index contributed by atoms with van der Waals surface area (Å²) in [6, 6.07) is 18.6. The highest BCUT2D eigenvalue weighted by Gasteiger charge is 2.25. The molecular weight excluding hydrogens is 415 g/mol. The molecular formula is C28H33O3P. The molecule has 1 aromatic heterocycles. The highest BCUT2D eigenvalue weighted by Crippen LogP contribution is 2.43. The average Bonchev–Trinajstić information content (AvgIpc) is 2.83. The molecule has 0 N–H and O–H groups in total. The predicted octanol–water partition coefficient (Wildman–Crippen LogP) is 9.34. The molecule has 0 radical (unpaired) electrons. The molecule has 4 heteroatoms. The van der Waals surface area contributed by atoms with Crippen molar-refractivity contribution in [1.82, 2.24) is 0 Å². The summed E-state index contributed by atoms with van der Waals surface area (Å²) in [6.07, 6.45) is 0. The minimum atomic E-state index is -1.69. The Bertz CT molecular complexity index is 1240. The fraction of sp³-hybridized carbons (Fsp3) is 0.357. The molecule has 3 aromatic carbocycles. The monoisotopic (exact) mass is 448 g/mol. The standard InChI is InChI=1S/C28H33O3P/c1-18-14-21-22-15-19(2)17-24(28(6,7)8)26(22)31-32(29-20-12-10-9-11-13-20)30-25(21)23(16-18)27(3,4)5/h9-17H,1-8H3. The summed E-state index contributed by atoms with van der Waals surface area (Å²) >= 11 is 0. The van der Waals surface area contributed by atoms with Crippen molar-refractivity contribution in [3.63, 3.8) is 0 Å². The van der Waals surface area contributed by atoms with Gasteiger partial charge in [-0.2, -0.15) is 0 Å². The molecule has 0 saturated carbocycles. The van der Waals surface area contributed by atoms with E-state index in [9.17, 15) is 0 Å². The second kappa shape index (κ2) is 8.05. The van der Waals surface area contributed by atoms with E-state index in [1.807, 2.05) is 30.3 Å². The first-order valence-corrected chi connectivity index (χ1v) is 12.2. The SMILES string of the molecule is Cc1cc(C(C)(C)C)c2op(Oc3ccccc3)oc3c(C(C)(C)C)cc(C)cc3c2c1. The first-order valence-electron chi connectivity index (χ1n) is 11.1. The van der Waals surface area contributed by atoms with Crippen LogP contribution in [-0.4, -0.2) is 0 Å². The van der Waals surface area contributed by atoms with E-state index in [0.717, 1.165) is 38.8 Å². The molecule has 3 nitrogen and oxygen atoms in total. The normalized spacial score (nSPS) is 12.4. The van der Waals surface area contributed by atoms with Crippen LogP contribution in [0.25, 0.3) is 21.9 Å². The van der Waals surface area contributed by atoms with Crippen LogP contribution in [0.1, 0.15) is 63.8 Å². The fourth-order valence-electron chi connectivity index (χ4n) is 4.03. The molecule has 0 aliphatic carbocycles. The molecule has 0 atom stereocenters. The molecule has 0 saturated heterocycles. The highest BCUT2D eigenvalue weighted by atomic mass is 31.1. The van der Waals surface area contributed by atoms with Crippen LogP contribution in [0.5, 0.6) is 5.75 Å². The van der Waals surface area contributed by atoms with Crippen molar-refractivity contribution in [1.29, 1.82) is 0 Å². The van der Waals surface area contributed by atoms with Gasteiger partial charge in [-0.25, -0.2) is 0 Å². The third kappa shape index (κ3) is 4.45. The minimum absolute atomic E-state index is 0.0922. The van der Waals surface area contributed by atoms with E-state index in [1.165, 1.54) is 11.1 Å². The second-order valence-corrected chi connectivity index (χ2v) is 11.7. The summed E-state index contributed by atoms with van der Waals surface area (Å²) in [6.45, 7) is 17.6. The zero-order valence-electron chi connectivity index (χ0n) is 20.4. The van der Waals surface area contributed by atoms with Gasteiger partial charge in [0.25, 0.3) is 0 Å². The largest absolute Gasteiger partial charge is 0.453 e. The van der Waals surface area contributed by atoms with E-state index >= 15 is 0 Å². The van der Waals surface area contributed by atoms with E-state index in [1.54, 1.807) is 0 Å². The first kappa shape index (κ1) is 22.6. The van der Waals surface area contributed by atoms with Crippen LogP contribution >= 0.6 is 8.24 Å². The zero-order valence-corrected chi connectivity index (χ0v) is 21.3. The molecule has 4 aromatic rings. The Kier molecular flexibility index (Phi) is 5.67. The van der Waals surface area contributed by atoms with Gasteiger partial charge in [-0.05, 0) is 60.1 Å². The van der Waals surface area contributed by atoms with Crippen molar-refractivity contribution in [2.75, 3.05) is 0 Å². The molecule has 0 amide bonds. The van der Waals surface area contributed by atoms with Crippen LogP contribution in [0.3, 0.4) is 0 Å². The summed E-state index contributed by atoms with van der Waals surface area (Å²) < 4.78 is 19.4. The summed E-state index contributed by atoms with van der Waals surface area (Å²) in [7, 11) is -1.69. The summed E-state index contributed by atoms with van der Waals surface area (Å²) in [5.74, 6) is 0.734. The summed E-state index contributed by atoms with van der Waals surface area (Å²) in [4.78, 5) is 0. The quantitative estimate of drug-likeness (QED) is 0.306. The molecule has 0 unspecified atom stereocenters. The summed E-state index contributed by atoms with van der Waals surface area (Å²) in [5, 5.41) is 2.14. The Labute approximate surface area is 192 Å². The lowest BCUT2D eigenvalue weighted by Crippen LogP contribution is -2.12. The lowest BCUT2D eigenvalue weighted by Gasteiger charge is -2.21. The van der Waals surface area contributed by atoms with Gasteiger partial charge in [0.1, 0.15) is 16.9 Å². The van der Waals surface area contributed by atoms with Crippen LogP contribution < -0.4 is 4.52 Å². The first-order chi connectivity index (χ1) is 14.9. The highest BCUT2D eigenvalue weighted by molar-refractivity contribution is 7.32. The van der Waals surface area contributed by atoms with E-state index in [0.29, 0.717) is 0 Å². The van der Waals surface area contributed by atoms with Crippen molar-refractivity contribution >= 4 is 30.2 Å². The van der Waals surface area contributed by atoms with Crippen LogP contribution in [0, 0.1) is 13.8 Å². The lowest BCUT2D eigenvalue weighted by atomic mass is 9.83. The fourth-order valence-corrected chi connectivity index (χ4v) is 5.13. The van der Waals surface area contributed by atoms with Crippen LogP contribution in [0.15, 0.2) is 63.0 Å². The van der Waals surface area contributed by atoms with Gasteiger partial charge in [0.15, 0.2) is 0 Å². The average molecular weight is 449 g/mol. The molecule has 0 aliphatic rings. The van der Waals surface area contributed by atoms with E-state index < -0.39 is 8.24 Å². The smallest absolute Gasteiger partial charge is 0.391 e. The number of para-hydroxylation sites is 1. The molecule has 0 bridgehead atoms. The third-order valence-electron chi connectivity index (χ3n) is 5.63. The van der Waals surface area contributed by atoms with Gasteiger partial charge >= 0.3 is 8.24 Å². The third-order valence-corrected chi connectivity index (χ3v) is 6.65. The Morgan fingerprint density at radius 1 is 0.656 bits per heavy atom. The zero-order chi connectivity index (χ0) is 23.3. The van der Waals surface area contributed by atoms with Crippen molar-refractivity contribution in [2.24, 2.45) is 0 Å². The van der Waals surface area contributed by atoms with Crippen LogP contribution in [-0.2, 0) is 10.8 Å². The predicted molar refractivity (Wildman–Crippen MR) is 136 cm³/mol. The van der Waals surface area contributed by atoms with E-state index in [2.05, 4.69) is 79.7 Å². The minimum Gasteiger partial charge on any atom is -0.391 e. The topological polar surface area (TPSA) is 35.5 Å². The van der Waals surface area contributed by atoms with Crippen LogP contribution in [0.4, 0.5) is 0 Å². The Morgan fingerprint density at radius 3 is 1.50 bits per heavy atom. The van der Waals surface area contributed by atoms with Gasteiger partial charge in [0.2, 0.25) is 0 Å². The number of rotatable bonds is 2. The maximum Gasteiger partial charge on any atom is 0.453 e. The molecule has 0 spiro atoms. The number of hydrogen-bond donors (Lipinski definition) is 0. The summed E-state index contributed by atoms with van der Waals surface area (Å²) in [5.41, 5.74) is 6.26. The van der Waals surface area contributed by atoms with Gasteiger partial charge in [0.05, 0.1) is 0 Å². The second-order valence-electron chi connectivity index (χ2n) is 10.7. The van der Waals surface area contributed by atoms with Gasteiger partial charge in [-0.1, -0.05) is 71.9 Å². The number of hydrogen-bond acceptors (Lipinski definition) is 3. The molecule has 0 fully saturated rings. The number of fused-ring (bicyclic) bond motifs is 3. The maximum atomic E-state index is 6.58. The Morgan fingerprint density at radius 2 is 1.09 bits per heavy atom. The molecule has 168 valence electrons. The van der Waals surface area contributed by atoms with E-state index in [-0.39, 0.29) is 10.8 Å². The van der Waals surface area contributed by atoms with Crippen molar-refractivity contribution in [2.45, 2.75) is 66.2 Å². The Hall–Kier alpha value is -2.64. The van der Waals surface area contributed by atoms with Crippen molar-refractivity contribution in [3.8, 4) is 5.75 Å². The van der Waals surface area contributed by atoms with Crippen LogP contribution in [0.2, 0.25) is 0 Å². The van der Waals surface area contributed by atoms with Gasteiger partial charge in [0, 0.05) is 21.9 Å². The number of benzene rings is 3. The maximum absolute atomic E-state index is 6.58. The Balaban J connectivity index is 2.21. The van der Waals surface area contributed by atoms with Crippen molar-refractivity contribution < 1.29 is 12.9 Å². The lowest BCUT2D eigenvalue weighted by molar-refractivity contribution is 0.489. The molecule has 0 aliphatic heterocycles. The number of aryl methyl sites for hydroxylation is 2. The van der Waals surface area contributed by atoms with Crippen molar-refractivity contribution in [3.05, 3.63) is 76.9 Å². The van der Waals surface area contributed by atoms with E-state index in [4.69, 9.17) is 12.9 Å². The van der Waals surface area contributed by atoms with Gasteiger partial charge < -0.3 is 12.9 Å². The molecule has 4 rings (SSSR count). The van der Waals surface area contributed by atoms with Gasteiger partial charge in [-0.3, -0.25) is 0 Å².